The van der Waals surface area contributed by atoms with E-state index in [0.29, 0.717) is 30.2 Å². The summed E-state index contributed by atoms with van der Waals surface area (Å²) >= 11 is 0. The number of hydrogen-bond acceptors (Lipinski definition) is 4. The summed E-state index contributed by atoms with van der Waals surface area (Å²) in [6.07, 6.45) is 0. The number of anilines is 1. The van der Waals surface area contributed by atoms with E-state index in [1.165, 1.54) is 0 Å². The van der Waals surface area contributed by atoms with Gasteiger partial charge < -0.3 is 20.5 Å². The largest absolute Gasteiger partial charge is 0.494 e. The third kappa shape index (κ3) is 4.21. The topological polar surface area (TPSA) is 70.6 Å². The number of carbonyl (C=O) groups excluding carboxylic acids is 1. The number of likely N-dealkylation sites (N-methyl/N-ethyl adjacent to an activating group) is 1. The van der Waals surface area contributed by atoms with E-state index in [9.17, 15) is 9.90 Å². The number of benzene rings is 1. The SMILES string of the molecule is CCNC(C)(C)C(=O)Nc1ccc(OCC)c(CO)c1. The monoisotopic (exact) mass is 280 g/mol. The van der Waals surface area contributed by atoms with Crippen LogP contribution in [0.4, 0.5) is 5.69 Å². The number of carbonyl (C=O) groups is 1. The van der Waals surface area contributed by atoms with Crippen LogP contribution in [0.3, 0.4) is 0 Å². The van der Waals surface area contributed by atoms with E-state index in [-0.39, 0.29) is 12.5 Å². The minimum Gasteiger partial charge on any atom is -0.494 e. The zero-order valence-electron chi connectivity index (χ0n) is 12.6. The summed E-state index contributed by atoms with van der Waals surface area (Å²) in [6.45, 7) is 8.61. The molecule has 1 rings (SSSR count). The lowest BCUT2D eigenvalue weighted by molar-refractivity contribution is -0.121. The summed E-state index contributed by atoms with van der Waals surface area (Å²) in [5.74, 6) is 0.520. The minimum absolute atomic E-state index is 0.118. The number of aliphatic hydroxyl groups is 1. The van der Waals surface area contributed by atoms with E-state index >= 15 is 0 Å². The van der Waals surface area contributed by atoms with Crippen molar-refractivity contribution in [2.45, 2.75) is 39.8 Å². The predicted octanol–water partition coefficient (Wildman–Crippen LogP) is 1.90. The van der Waals surface area contributed by atoms with Gasteiger partial charge in [-0.05, 0) is 45.5 Å². The van der Waals surface area contributed by atoms with Crippen molar-refractivity contribution < 1.29 is 14.6 Å². The van der Waals surface area contributed by atoms with Crippen molar-refractivity contribution in [1.82, 2.24) is 5.32 Å². The average Bonchev–Trinajstić information content (AvgIpc) is 2.40. The molecule has 20 heavy (non-hydrogen) atoms. The van der Waals surface area contributed by atoms with Gasteiger partial charge in [-0.1, -0.05) is 6.92 Å². The number of amides is 1. The highest BCUT2D eigenvalue weighted by Crippen LogP contribution is 2.23. The number of rotatable bonds is 7. The summed E-state index contributed by atoms with van der Waals surface area (Å²) in [7, 11) is 0. The Balaban J connectivity index is 2.85. The van der Waals surface area contributed by atoms with E-state index in [0.717, 1.165) is 0 Å². The summed E-state index contributed by atoms with van der Waals surface area (Å²) in [5, 5.41) is 15.3. The van der Waals surface area contributed by atoms with Crippen LogP contribution in [0.5, 0.6) is 5.75 Å². The van der Waals surface area contributed by atoms with E-state index in [4.69, 9.17) is 4.74 Å². The van der Waals surface area contributed by atoms with Crippen molar-refractivity contribution in [2.24, 2.45) is 0 Å². The van der Waals surface area contributed by atoms with Crippen molar-refractivity contribution >= 4 is 11.6 Å². The van der Waals surface area contributed by atoms with Gasteiger partial charge in [0.2, 0.25) is 5.91 Å². The van der Waals surface area contributed by atoms with Gasteiger partial charge in [-0.2, -0.15) is 0 Å². The minimum atomic E-state index is -0.646. The summed E-state index contributed by atoms with van der Waals surface area (Å²) in [4.78, 5) is 12.2. The normalized spacial score (nSPS) is 11.2. The van der Waals surface area contributed by atoms with E-state index < -0.39 is 5.54 Å². The molecule has 0 aliphatic rings. The Morgan fingerprint density at radius 3 is 2.60 bits per heavy atom. The fourth-order valence-electron chi connectivity index (χ4n) is 1.89. The zero-order valence-corrected chi connectivity index (χ0v) is 12.6. The van der Waals surface area contributed by atoms with Crippen LogP contribution >= 0.6 is 0 Å². The summed E-state index contributed by atoms with van der Waals surface area (Å²) in [6, 6.07) is 5.25. The first-order valence-electron chi connectivity index (χ1n) is 6.87. The maximum Gasteiger partial charge on any atom is 0.244 e. The molecule has 0 aromatic heterocycles. The molecule has 0 aliphatic heterocycles. The quantitative estimate of drug-likeness (QED) is 0.713. The molecule has 0 saturated heterocycles. The van der Waals surface area contributed by atoms with Gasteiger partial charge in [-0.15, -0.1) is 0 Å². The van der Waals surface area contributed by atoms with Crippen molar-refractivity contribution in [2.75, 3.05) is 18.5 Å². The van der Waals surface area contributed by atoms with Gasteiger partial charge in [-0.3, -0.25) is 4.79 Å². The van der Waals surface area contributed by atoms with Gasteiger partial charge in [0.15, 0.2) is 0 Å². The maximum absolute atomic E-state index is 12.2. The molecule has 0 atom stereocenters. The molecule has 5 heteroatoms. The molecule has 0 radical (unpaired) electrons. The third-order valence-corrected chi connectivity index (χ3v) is 2.97. The standard InChI is InChI=1S/C15H24N2O3/c1-5-16-15(3,4)14(19)17-12-7-8-13(20-6-2)11(9-12)10-18/h7-9,16,18H,5-6,10H2,1-4H3,(H,17,19). The van der Waals surface area contributed by atoms with Crippen LogP contribution in [-0.4, -0.2) is 29.7 Å². The molecule has 0 spiro atoms. The van der Waals surface area contributed by atoms with Crippen LogP contribution < -0.4 is 15.4 Å². The predicted molar refractivity (Wildman–Crippen MR) is 79.9 cm³/mol. The summed E-state index contributed by atoms with van der Waals surface area (Å²) in [5.41, 5.74) is 0.659. The zero-order chi connectivity index (χ0) is 15.2. The molecule has 0 unspecified atom stereocenters. The van der Waals surface area contributed by atoms with Gasteiger partial charge in [0.25, 0.3) is 0 Å². The van der Waals surface area contributed by atoms with Gasteiger partial charge in [0.1, 0.15) is 5.75 Å². The highest BCUT2D eigenvalue weighted by atomic mass is 16.5. The molecule has 3 N–H and O–H groups in total. The van der Waals surface area contributed by atoms with Gasteiger partial charge in [0, 0.05) is 11.3 Å². The highest BCUT2D eigenvalue weighted by Gasteiger charge is 2.26. The Labute approximate surface area is 120 Å². The van der Waals surface area contributed by atoms with Crippen LogP contribution in [0.25, 0.3) is 0 Å². The number of ether oxygens (including phenoxy) is 1. The molecule has 0 saturated carbocycles. The molecular weight excluding hydrogens is 256 g/mol. The first kappa shape index (κ1) is 16.5. The molecule has 0 heterocycles. The molecule has 112 valence electrons. The average molecular weight is 280 g/mol. The second kappa shape index (κ2) is 7.26. The fourth-order valence-corrected chi connectivity index (χ4v) is 1.89. The molecule has 5 nitrogen and oxygen atoms in total. The Morgan fingerprint density at radius 1 is 1.35 bits per heavy atom. The molecule has 0 aliphatic carbocycles. The molecule has 1 aromatic carbocycles. The molecule has 0 fully saturated rings. The van der Waals surface area contributed by atoms with Crippen molar-refractivity contribution in [1.29, 1.82) is 0 Å². The third-order valence-electron chi connectivity index (χ3n) is 2.97. The first-order valence-corrected chi connectivity index (χ1v) is 6.87. The van der Waals surface area contributed by atoms with Crippen LogP contribution in [0.1, 0.15) is 33.3 Å². The molecule has 1 amide bonds. The van der Waals surface area contributed by atoms with Crippen molar-refractivity contribution in [3.05, 3.63) is 23.8 Å². The number of hydrogen-bond donors (Lipinski definition) is 3. The Kier molecular flexibility index (Phi) is 5.98. The first-order chi connectivity index (χ1) is 9.44. The lowest BCUT2D eigenvalue weighted by atomic mass is 10.0. The van der Waals surface area contributed by atoms with Gasteiger partial charge in [-0.25, -0.2) is 0 Å². The number of nitrogens with one attached hydrogen (secondary N) is 2. The lowest BCUT2D eigenvalue weighted by Crippen LogP contribution is -2.49. The van der Waals surface area contributed by atoms with E-state index in [2.05, 4.69) is 10.6 Å². The van der Waals surface area contributed by atoms with Gasteiger partial charge >= 0.3 is 0 Å². The van der Waals surface area contributed by atoms with Crippen molar-refractivity contribution in [3.8, 4) is 5.75 Å². The Bertz CT molecular complexity index is 458. The smallest absolute Gasteiger partial charge is 0.244 e. The lowest BCUT2D eigenvalue weighted by Gasteiger charge is -2.24. The van der Waals surface area contributed by atoms with E-state index in [1.54, 1.807) is 18.2 Å². The van der Waals surface area contributed by atoms with E-state index in [1.807, 2.05) is 27.7 Å². The molecule has 1 aromatic rings. The fraction of sp³-hybridized carbons (Fsp3) is 0.533. The van der Waals surface area contributed by atoms with Crippen LogP contribution in [0, 0.1) is 0 Å². The maximum atomic E-state index is 12.2. The highest BCUT2D eigenvalue weighted by molar-refractivity contribution is 5.97. The Morgan fingerprint density at radius 2 is 2.05 bits per heavy atom. The van der Waals surface area contributed by atoms with Crippen LogP contribution in [0.15, 0.2) is 18.2 Å². The van der Waals surface area contributed by atoms with Gasteiger partial charge in [0.05, 0.1) is 18.8 Å². The molecule has 0 bridgehead atoms. The number of aliphatic hydroxyl groups excluding tert-OH is 1. The second-order valence-electron chi connectivity index (χ2n) is 5.02. The summed E-state index contributed by atoms with van der Waals surface area (Å²) < 4.78 is 5.41. The van der Waals surface area contributed by atoms with Crippen molar-refractivity contribution in [3.63, 3.8) is 0 Å². The van der Waals surface area contributed by atoms with Crippen LogP contribution in [-0.2, 0) is 11.4 Å². The Hall–Kier alpha value is -1.59. The molecular formula is C15H24N2O3. The second-order valence-corrected chi connectivity index (χ2v) is 5.02. The van der Waals surface area contributed by atoms with Crippen LogP contribution in [0.2, 0.25) is 0 Å².